The number of rotatable bonds is 1. The zero-order chi connectivity index (χ0) is 26.3. The first-order chi connectivity index (χ1) is 17.7. The van der Waals surface area contributed by atoms with Crippen LogP contribution in [0.25, 0.3) is 11.3 Å². The van der Waals surface area contributed by atoms with Gasteiger partial charge >= 0.3 is 0 Å². The minimum absolute atomic E-state index is 0.0540. The Hall–Kier alpha value is -4.01. The van der Waals surface area contributed by atoms with Crippen molar-refractivity contribution in [2.75, 3.05) is 32.1 Å². The van der Waals surface area contributed by atoms with Crippen LogP contribution in [0.15, 0.2) is 41.5 Å². The van der Waals surface area contributed by atoms with E-state index in [1.807, 2.05) is 32.2 Å². The topological polar surface area (TPSA) is 92.9 Å². The monoisotopic (exact) mass is 500 g/mol. The fraction of sp³-hybridized carbons (Fsp3) is 0.393. The molecule has 2 aliphatic rings. The standard InChI is InChI=1S/C28H32N6O3/c1-17-7-6-10-37-28-22(15-29-33(28)5)23-12-21(11-18(2)30-23)26(35)31-25-14-19-8-9-20(27(36)32(3)4)13-24(19)34(25)16-17/h8-9,11-13,15,17H,6-7,10,14,16H2,1-5H3/t17-/m1/s1. The van der Waals surface area contributed by atoms with Crippen LogP contribution < -0.4 is 9.64 Å². The van der Waals surface area contributed by atoms with Crippen molar-refractivity contribution >= 4 is 23.3 Å². The van der Waals surface area contributed by atoms with Crippen LogP contribution in [0.1, 0.15) is 51.7 Å². The van der Waals surface area contributed by atoms with Gasteiger partial charge in [-0.15, -0.1) is 0 Å². The number of nitrogens with zero attached hydrogens (tertiary/aromatic N) is 6. The molecule has 9 heteroatoms. The highest BCUT2D eigenvalue weighted by atomic mass is 16.5. The molecule has 0 unspecified atom stereocenters. The average molecular weight is 501 g/mol. The van der Waals surface area contributed by atoms with Crippen LogP contribution in [0, 0.1) is 12.8 Å². The van der Waals surface area contributed by atoms with Crippen molar-refractivity contribution < 1.29 is 14.3 Å². The molecule has 0 N–H and O–H groups in total. The summed E-state index contributed by atoms with van der Waals surface area (Å²) in [5.41, 5.74) is 5.19. The van der Waals surface area contributed by atoms with Gasteiger partial charge < -0.3 is 14.5 Å². The lowest BCUT2D eigenvalue weighted by atomic mass is 10.0. The second kappa shape index (κ2) is 9.80. The van der Waals surface area contributed by atoms with Crippen LogP contribution in [0.2, 0.25) is 0 Å². The SMILES string of the molecule is Cc1cc2cc(n1)-c1cnn(C)c1OCCC[C@@H](C)CN1C(=NC2=O)Cc2ccc(C(=O)N(C)C)cc21. The lowest BCUT2D eigenvalue weighted by molar-refractivity contribution is 0.0827. The van der Waals surface area contributed by atoms with E-state index in [0.717, 1.165) is 29.7 Å². The van der Waals surface area contributed by atoms with E-state index in [0.29, 0.717) is 59.7 Å². The highest BCUT2D eigenvalue weighted by Crippen LogP contribution is 2.34. The molecule has 5 rings (SSSR count). The van der Waals surface area contributed by atoms with Gasteiger partial charge in [0.25, 0.3) is 11.8 Å². The van der Waals surface area contributed by atoms with Crippen LogP contribution in [-0.4, -0.2) is 64.6 Å². The molecule has 0 radical (unpaired) electrons. The number of hydrogen-bond donors (Lipinski definition) is 0. The number of carbonyl (C=O) groups is 2. The van der Waals surface area contributed by atoms with Crippen molar-refractivity contribution in [2.24, 2.45) is 18.0 Å². The Morgan fingerprint density at radius 1 is 1.19 bits per heavy atom. The third-order valence-electron chi connectivity index (χ3n) is 6.85. The summed E-state index contributed by atoms with van der Waals surface area (Å²) in [6.45, 7) is 5.29. The summed E-state index contributed by atoms with van der Waals surface area (Å²) in [5, 5.41) is 4.36. The van der Waals surface area contributed by atoms with Gasteiger partial charge in [0.05, 0.1) is 24.1 Å². The zero-order valence-corrected chi connectivity index (χ0v) is 22.0. The molecule has 0 saturated carbocycles. The average Bonchev–Trinajstić information content (AvgIpc) is 3.39. The summed E-state index contributed by atoms with van der Waals surface area (Å²) < 4.78 is 7.84. The fourth-order valence-electron chi connectivity index (χ4n) is 4.95. The van der Waals surface area contributed by atoms with Gasteiger partial charge in [-0.05, 0) is 55.5 Å². The van der Waals surface area contributed by atoms with E-state index in [-0.39, 0.29) is 11.8 Å². The van der Waals surface area contributed by atoms with Gasteiger partial charge in [0, 0.05) is 56.6 Å². The van der Waals surface area contributed by atoms with Crippen molar-refractivity contribution in [3.05, 3.63) is 58.9 Å². The van der Waals surface area contributed by atoms with Gasteiger partial charge in [-0.25, -0.2) is 4.68 Å². The summed E-state index contributed by atoms with van der Waals surface area (Å²) in [7, 11) is 5.33. The summed E-state index contributed by atoms with van der Waals surface area (Å²) in [6.07, 6.45) is 4.06. The van der Waals surface area contributed by atoms with E-state index in [9.17, 15) is 9.59 Å². The van der Waals surface area contributed by atoms with Crippen LogP contribution in [0.3, 0.4) is 0 Å². The van der Waals surface area contributed by atoms with Crippen LogP contribution in [0.5, 0.6) is 5.88 Å². The van der Waals surface area contributed by atoms with E-state index < -0.39 is 0 Å². The molecule has 2 amide bonds. The minimum atomic E-state index is -0.321. The predicted octanol–water partition coefficient (Wildman–Crippen LogP) is 3.90. The minimum Gasteiger partial charge on any atom is -0.477 e. The smallest absolute Gasteiger partial charge is 0.278 e. The van der Waals surface area contributed by atoms with Gasteiger partial charge in [-0.1, -0.05) is 13.0 Å². The highest BCUT2D eigenvalue weighted by molar-refractivity contribution is 6.13. The molecule has 2 aliphatic heterocycles. The Kier molecular flexibility index (Phi) is 6.54. The molecule has 192 valence electrons. The molecule has 37 heavy (non-hydrogen) atoms. The number of hydrogen-bond acceptors (Lipinski definition) is 6. The molecule has 0 saturated heterocycles. The Balaban J connectivity index is 1.58. The number of fused-ring (bicyclic) bond motifs is 7. The van der Waals surface area contributed by atoms with Crippen LogP contribution >= 0.6 is 0 Å². The lowest BCUT2D eigenvalue weighted by Crippen LogP contribution is -2.32. The van der Waals surface area contributed by atoms with E-state index >= 15 is 0 Å². The second-order valence-corrected chi connectivity index (χ2v) is 10.1. The van der Waals surface area contributed by atoms with Crippen molar-refractivity contribution in [3.8, 4) is 17.1 Å². The van der Waals surface area contributed by atoms with E-state index in [1.165, 1.54) is 0 Å². The molecule has 0 fully saturated rings. The van der Waals surface area contributed by atoms with Gasteiger partial charge in [-0.2, -0.15) is 10.1 Å². The normalized spacial score (nSPS) is 17.5. The maximum absolute atomic E-state index is 13.5. The van der Waals surface area contributed by atoms with Crippen LogP contribution in [0.4, 0.5) is 5.69 Å². The molecular formula is C28H32N6O3. The van der Waals surface area contributed by atoms with Crippen molar-refractivity contribution in [3.63, 3.8) is 0 Å². The summed E-state index contributed by atoms with van der Waals surface area (Å²) in [6, 6.07) is 9.26. The number of amides is 2. The zero-order valence-electron chi connectivity index (χ0n) is 22.0. The lowest BCUT2D eigenvalue weighted by Gasteiger charge is -2.25. The molecule has 0 spiro atoms. The number of pyridine rings is 1. The Morgan fingerprint density at radius 2 is 2.00 bits per heavy atom. The third-order valence-corrected chi connectivity index (χ3v) is 6.85. The predicted molar refractivity (Wildman–Crippen MR) is 142 cm³/mol. The molecular weight excluding hydrogens is 468 g/mol. The van der Waals surface area contributed by atoms with Gasteiger partial charge in [0.2, 0.25) is 5.88 Å². The van der Waals surface area contributed by atoms with Crippen LogP contribution in [-0.2, 0) is 13.5 Å². The molecule has 9 nitrogen and oxygen atoms in total. The first-order valence-corrected chi connectivity index (χ1v) is 12.6. The number of benzene rings is 1. The molecule has 0 aliphatic carbocycles. The molecule has 3 aromatic rings. The second-order valence-electron chi connectivity index (χ2n) is 10.1. The number of carbonyl (C=O) groups excluding carboxylic acids is 2. The van der Waals surface area contributed by atoms with E-state index in [2.05, 4.69) is 26.9 Å². The fourth-order valence-corrected chi connectivity index (χ4v) is 4.95. The van der Waals surface area contributed by atoms with E-state index in [1.54, 1.807) is 42.0 Å². The highest BCUT2D eigenvalue weighted by Gasteiger charge is 2.29. The largest absolute Gasteiger partial charge is 0.477 e. The number of ether oxygens (including phenoxy) is 1. The maximum atomic E-state index is 13.5. The van der Waals surface area contributed by atoms with Gasteiger partial charge in [0.15, 0.2) is 0 Å². The number of aliphatic imine (C=N–C) groups is 1. The quantitative estimate of drug-likeness (QED) is 0.503. The summed E-state index contributed by atoms with van der Waals surface area (Å²) in [4.78, 5) is 39.1. The van der Waals surface area contributed by atoms with Crippen molar-refractivity contribution in [2.45, 2.75) is 33.1 Å². The number of aryl methyl sites for hydroxylation is 2. The van der Waals surface area contributed by atoms with Gasteiger partial charge in [-0.3, -0.25) is 14.6 Å². The maximum Gasteiger partial charge on any atom is 0.278 e. The first-order valence-electron chi connectivity index (χ1n) is 12.6. The molecule has 4 heterocycles. The van der Waals surface area contributed by atoms with Gasteiger partial charge in [0.1, 0.15) is 5.84 Å². The number of anilines is 1. The summed E-state index contributed by atoms with van der Waals surface area (Å²) >= 11 is 0. The Bertz CT molecular complexity index is 1410. The molecule has 1 aromatic carbocycles. The first kappa shape index (κ1) is 24.7. The van der Waals surface area contributed by atoms with Crippen molar-refractivity contribution in [1.82, 2.24) is 19.7 Å². The number of aromatic nitrogens is 3. The molecule has 1 atom stereocenters. The third kappa shape index (κ3) is 4.85. The Morgan fingerprint density at radius 3 is 2.78 bits per heavy atom. The molecule has 2 aromatic heterocycles. The van der Waals surface area contributed by atoms with Crippen molar-refractivity contribution in [1.29, 1.82) is 0 Å². The molecule has 2 bridgehead atoms. The number of amidine groups is 1. The summed E-state index contributed by atoms with van der Waals surface area (Å²) in [5.74, 6) is 1.27. The Labute approximate surface area is 216 Å². The van der Waals surface area contributed by atoms with E-state index in [4.69, 9.17) is 4.74 Å².